The average Bonchev–Trinajstić information content (AvgIpc) is 2.89. The fourth-order valence-electron chi connectivity index (χ4n) is 2.28. The maximum Gasteiger partial charge on any atom is 0.229 e. The summed E-state index contributed by atoms with van der Waals surface area (Å²) >= 11 is 3.34. The Morgan fingerprint density at radius 1 is 1.42 bits per heavy atom. The summed E-state index contributed by atoms with van der Waals surface area (Å²) < 4.78 is 29.1. The molecule has 24 heavy (non-hydrogen) atoms. The molecule has 1 aliphatic rings. The molecule has 0 aliphatic heterocycles. The van der Waals surface area contributed by atoms with Crippen molar-refractivity contribution in [2.75, 3.05) is 17.7 Å². The van der Waals surface area contributed by atoms with Gasteiger partial charge >= 0.3 is 0 Å². The average molecular weight is 397 g/mol. The van der Waals surface area contributed by atoms with Crippen molar-refractivity contribution in [3.8, 4) is 0 Å². The molecule has 1 unspecified atom stereocenters. The van der Waals surface area contributed by atoms with Gasteiger partial charge in [-0.15, -0.1) is 0 Å². The van der Waals surface area contributed by atoms with E-state index in [1.165, 1.54) is 16.8 Å². The second-order valence-corrected chi connectivity index (χ2v) is 6.10. The van der Waals surface area contributed by atoms with Crippen LogP contribution in [0.25, 0.3) is 5.70 Å². The number of aryl methyl sites for hydroxylation is 1. The van der Waals surface area contributed by atoms with Gasteiger partial charge in [-0.25, -0.2) is 18.4 Å². The summed E-state index contributed by atoms with van der Waals surface area (Å²) in [4.78, 5) is 8.49. The number of anilines is 3. The largest absolute Gasteiger partial charge is 0.372 e. The lowest BCUT2D eigenvalue weighted by atomic mass is 10.1. The number of halogens is 3. The lowest BCUT2D eigenvalue weighted by molar-refractivity contribution is 0.369. The van der Waals surface area contributed by atoms with Crippen LogP contribution < -0.4 is 10.6 Å². The molecular formula is C15H15BrF2N6. The summed E-state index contributed by atoms with van der Waals surface area (Å²) in [7, 11) is 1.75. The van der Waals surface area contributed by atoms with E-state index in [-0.39, 0.29) is 6.42 Å². The molecular weight excluding hydrogens is 382 g/mol. The van der Waals surface area contributed by atoms with Crippen LogP contribution in [-0.2, 0) is 0 Å². The van der Waals surface area contributed by atoms with Crippen LogP contribution in [0.2, 0.25) is 0 Å². The number of alkyl halides is 1. The fraction of sp³-hybridized carbons (Fsp3) is 0.267. The molecule has 2 heterocycles. The molecule has 1 aliphatic carbocycles. The minimum Gasteiger partial charge on any atom is -0.372 e. The first-order valence-electron chi connectivity index (χ1n) is 7.22. The van der Waals surface area contributed by atoms with Crippen molar-refractivity contribution in [2.45, 2.75) is 19.5 Å². The van der Waals surface area contributed by atoms with Crippen LogP contribution in [0.3, 0.4) is 0 Å². The molecule has 0 fully saturated rings. The van der Waals surface area contributed by atoms with Gasteiger partial charge in [-0.2, -0.15) is 10.1 Å². The Labute approximate surface area is 145 Å². The number of rotatable bonds is 4. The summed E-state index contributed by atoms with van der Waals surface area (Å²) in [6, 6.07) is 0. The molecule has 1 atom stereocenters. The normalized spacial score (nSPS) is 17.3. The third-order valence-corrected chi connectivity index (χ3v) is 4.02. The minimum absolute atomic E-state index is 0.228. The highest BCUT2D eigenvalue weighted by molar-refractivity contribution is 9.10. The van der Waals surface area contributed by atoms with E-state index in [1.807, 2.05) is 0 Å². The molecule has 0 bridgehead atoms. The molecule has 6 nitrogen and oxygen atoms in total. The summed E-state index contributed by atoms with van der Waals surface area (Å²) in [5, 5.41) is 10.3. The van der Waals surface area contributed by atoms with Crippen molar-refractivity contribution < 1.29 is 8.78 Å². The molecule has 0 spiro atoms. The van der Waals surface area contributed by atoms with E-state index in [0.29, 0.717) is 28.8 Å². The Morgan fingerprint density at radius 2 is 2.21 bits per heavy atom. The Balaban J connectivity index is 1.87. The van der Waals surface area contributed by atoms with Crippen LogP contribution >= 0.6 is 15.9 Å². The minimum atomic E-state index is -1.35. The molecule has 0 radical (unpaired) electrons. The number of nitrogens with one attached hydrogen (secondary N) is 2. The van der Waals surface area contributed by atoms with Crippen molar-refractivity contribution in [2.24, 2.45) is 0 Å². The fourth-order valence-corrected chi connectivity index (χ4v) is 2.67. The highest BCUT2D eigenvalue weighted by Gasteiger charge is 2.17. The molecule has 2 aromatic heterocycles. The van der Waals surface area contributed by atoms with Crippen LogP contribution in [0, 0.1) is 6.92 Å². The van der Waals surface area contributed by atoms with E-state index in [4.69, 9.17) is 0 Å². The first kappa shape index (κ1) is 16.6. The maximum atomic E-state index is 13.5. The Hall–Kier alpha value is -2.29. The van der Waals surface area contributed by atoms with Gasteiger partial charge in [0.2, 0.25) is 5.95 Å². The van der Waals surface area contributed by atoms with Gasteiger partial charge in [0.1, 0.15) is 17.8 Å². The molecule has 0 aromatic carbocycles. The Bertz CT molecular complexity index is 829. The SMILES string of the molecule is CNc1nc(Nc2cn(C3=CC(F)CC(F)=C3)nc2C)ncc1Br. The van der Waals surface area contributed by atoms with Crippen LogP contribution in [0.5, 0.6) is 0 Å². The van der Waals surface area contributed by atoms with Crippen LogP contribution in [-0.4, -0.2) is 33.0 Å². The van der Waals surface area contributed by atoms with Gasteiger partial charge in [-0.1, -0.05) is 0 Å². The predicted octanol–water partition coefficient (Wildman–Crippen LogP) is 3.97. The number of hydrogen-bond donors (Lipinski definition) is 2. The van der Waals surface area contributed by atoms with E-state index < -0.39 is 12.0 Å². The topological polar surface area (TPSA) is 67.7 Å². The van der Waals surface area contributed by atoms with Crippen molar-refractivity contribution in [1.82, 2.24) is 19.7 Å². The first-order chi connectivity index (χ1) is 11.5. The molecule has 2 N–H and O–H groups in total. The van der Waals surface area contributed by atoms with Gasteiger partial charge in [0.25, 0.3) is 0 Å². The van der Waals surface area contributed by atoms with Gasteiger partial charge in [-0.3, -0.25) is 0 Å². The third kappa shape index (κ3) is 3.45. The first-order valence-corrected chi connectivity index (χ1v) is 8.01. The number of hydrogen-bond acceptors (Lipinski definition) is 5. The van der Waals surface area contributed by atoms with Crippen LogP contribution in [0.1, 0.15) is 12.1 Å². The van der Waals surface area contributed by atoms with E-state index >= 15 is 0 Å². The Kier molecular flexibility index (Phi) is 4.61. The smallest absolute Gasteiger partial charge is 0.229 e. The predicted molar refractivity (Wildman–Crippen MR) is 92.5 cm³/mol. The lowest BCUT2D eigenvalue weighted by Gasteiger charge is -2.11. The van der Waals surface area contributed by atoms with E-state index in [1.54, 1.807) is 26.4 Å². The molecule has 0 saturated heterocycles. The summed E-state index contributed by atoms with van der Waals surface area (Å²) in [6.07, 6.45) is 4.31. The molecule has 0 amide bonds. The van der Waals surface area contributed by atoms with E-state index in [0.717, 1.165) is 4.47 Å². The second kappa shape index (κ2) is 6.68. The zero-order chi connectivity index (χ0) is 17.3. The second-order valence-electron chi connectivity index (χ2n) is 5.24. The molecule has 3 rings (SSSR count). The van der Waals surface area contributed by atoms with Crippen molar-refractivity contribution in [3.05, 3.63) is 40.5 Å². The van der Waals surface area contributed by atoms with Crippen LogP contribution in [0.15, 0.2) is 34.8 Å². The van der Waals surface area contributed by atoms with Gasteiger partial charge in [0.05, 0.1) is 27.7 Å². The van der Waals surface area contributed by atoms with Gasteiger partial charge in [0, 0.05) is 19.7 Å². The number of aromatic nitrogens is 4. The lowest BCUT2D eigenvalue weighted by Crippen LogP contribution is -2.07. The summed E-state index contributed by atoms with van der Waals surface area (Å²) in [5.41, 5.74) is 1.66. The third-order valence-electron chi connectivity index (χ3n) is 3.44. The number of nitrogens with zero attached hydrogens (tertiary/aromatic N) is 4. The molecule has 126 valence electrons. The quantitative estimate of drug-likeness (QED) is 0.818. The van der Waals surface area contributed by atoms with E-state index in [2.05, 4.69) is 41.6 Å². The van der Waals surface area contributed by atoms with E-state index in [9.17, 15) is 8.78 Å². The highest BCUT2D eigenvalue weighted by Crippen LogP contribution is 2.27. The number of allylic oxidation sites excluding steroid dienone is 4. The van der Waals surface area contributed by atoms with Crippen molar-refractivity contribution in [1.29, 1.82) is 0 Å². The zero-order valence-corrected chi connectivity index (χ0v) is 14.6. The van der Waals surface area contributed by atoms with Gasteiger partial charge in [-0.05, 0) is 35.0 Å². The molecule has 9 heteroatoms. The summed E-state index contributed by atoms with van der Waals surface area (Å²) in [5.74, 6) is 0.517. The maximum absolute atomic E-state index is 13.5. The zero-order valence-electron chi connectivity index (χ0n) is 13.0. The van der Waals surface area contributed by atoms with Crippen LogP contribution in [0.4, 0.5) is 26.2 Å². The molecule has 0 saturated carbocycles. The Morgan fingerprint density at radius 3 is 2.92 bits per heavy atom. The van der Waals surface area contributed by atoms with Gasteiger partial charge in [0.15, 0.2) is 0 Å². The van der Waals surface area contributed by atoms with Gasteiger partial charge < -0.3 is 10.6 Å². The van der Waals surface area contributed by atoms with Crippen molar-refractivity contribution in [3.63, 3.8) is 0 Å². The monoisotopic (exact) mass is 396 g/mol. The summed E-state index contributed by atoms with van der Waals surface area (Å²) in [6.45, 7) is 1.78. The molecule has 2 aromatic rings. The highest BCUT2D eigenvalue weighted by atomic mass is 79.9. The van der Waals surface area contributed by atoms with Crippen molar-refractivity contribution >= 4 is 39.1 Å². The standard InChI is InChI=1S/C15H15BrF2N6/c1-8-13(21-15-20-6-12(16)14(19-2)22-15)7-24(23-8)11-4-9(17)3-10(18)5-11/h4-7,9H,3H2,1-2H3,(H2,19,20,21,22).